The minimum absolute atomic E-state index is 0.0609. The SMILES string of the molecule is Cn1cc(-c2ccc(C#N)cc2)c(Br)cc1=O. The summed E-state index contributed by atoms with van der Waals surface area (Å²) in [4.78, 5) is 11.4. The molecule has 0 saturated heterocycles. The third-order valence-electron chi connectivity index (χ3n) is 2.50. The first-order chi connectivity index (χ1) is 8.11. The summed E-state index contributed by atoms with van der Waals surface area (Å²) >= 11 is 3.38. The molecule has 0 aliphatic heterocycles. The van der Waals surface area contributed by atoms with E-state index in [1.807, 2.05) is 12.1 Å². The molecule has 0 radical (unpaired) electrons. The van der Waals surface area contributed by atoms with E-state index in [-0.39, 0.29) is 5.56 Å². The predicted octanol–water partition coefficient (Wildman–Crippen LogP) is 2.69. The van der Waals surface area contributed by atoms with Crippen LogP contribution >= 0.6 is 15.9 Å². The molecule has 0 spiro atoms. The number of benzene rings is 1. The molecule has 2 aromatic rings. The van der Waals surface area contributed by atoms with Crippen molar-refractivity contribution in [2.24, 2.45) is 7.05 Å². The summed E-state index contributed by atoms with van der Waals surface area (Å²) in [5.41, 5.74) is 2.45. The Kier molecular flexibility index (Phi) is 3.12. The molecule has 1 heterocycles. The van der Waals surface area contributed by atoms with Crippen LogP contribution in [-0.4, -0.2) is 4.57 Å². The molecular weight excluding hydrogens is 280 g/mol. The average molecular weight is 289 g/mol. The van der Waals surface area contributed by atoms with Crippen molar-refractivity contribution < 1.29 is 0 Å². The van der Waals surface area contributed by atoms with Crippen LogP contribution in [0, 0.1) is 11.3 Å². The lowest BCUT2D eigenvalue weighted by atomic mass is 10.1. The zero-order chi connectivity index (χ0) is 12.4. The molecule has 0 bridgehead atoms. The zero-order valence-electron chi connectivity index (χ0n) is 9.14. The van der Waals surface area contributed by atoms with Gasteiger partial charge in [-0.3, -0.25) is 4.79 Å². The standard InChI is InChI=1S/C13H9BrN2O/c1-16-8-11(12(14)6-13(16)17)10-4-2-9(7-15)3-5-10/h2-6,8H,1H3. The van der Waals surface area contributed by atoms with Gasteiger partial charge in [-0.25, -0.2) is 0 Å². The lowest BCUT2D eigenvalue weighted by Crippen LogP contribution is -2.14. The Morgan fingerprint density at radius 3 is 2.53 bits per heavy atom. The number of aromatic nitrogens is 1. The van der Waals surface area contributed by atoms with E-state index in [2.05, 4.69) is 22.0 Å². The van der Waals surface area contributed by atoms with Gasteiger partial charge in [0, 0.05) is 29.3 Å². The van der Waals surface area contributed by atoms with Gasteiger partial charge in [-0.05, 0) is 33.6 Å². The fourth-order valence-electron chi connectivity index (χ4n) is 1.54. The van der Waals surface area contributed by atoms with Gasteiger partial charge in [-0.1, -0.05) is 12.1 Å². The summed E-state index contributed by atoms with van der Waals surface area (Å²) in [5.74, 6) is 0. The summed E-state index contributed by atoms with van der Waals surface area (Å²) in [6, 6.07) is 10.9. The molecule has 0 aliphatic carbocycles. The molecule has 17 heavy (non-hydrogen) atoms. The van der Waals surface area contributed by atoms with E-state index in [0.717, 1.165) is 15.6 Å². The second-order valence-electron chi connectivity index (χ2n) is 3.67. The largest absolute Gasteiger partial charge is 0.318 e. The molecule has 0 saturated carbocycles. The van der Waals surface area contributed by atoms with E-state index >= 15 is 0 Å². The Labute approximate surface area is 107 Å². The van der Waals surface area contributed by atoms with Gasteiger partial charge in [0.05, 0.1) is 11.6 Å². The Hall–Kier alpha value is -1.86. The average Bonchev–Trinajstić information content (AvgIpc) is 2.34. The van der Waals surface area contributed by atoms with Gasteiger partial charge >= 0.3 is 0 Å². The van der Waals surface area contributed by atoms with Gasteiger partial charge in [-0.2, -0.15) is 5.26 Å². The molecule has 4 heteroatoms. The van der Waals surface area contributed by atoms with E-state index in [0.29, 0.717) is 5.56 Å². The second-order valence-corrected chi connectivity index (χ2v) is 4.53. The number of hydrogen-bond acceptors (Lipinski definition) is 2. The third-order valence-corrected chi connectivity index (χ3v) is 3.16. The Bertz CT molecular complexity index is 651. The Morgan fingerprint density at radius 2 is 1.94 bits per heavy atom. The molecule has 0 N–H and O–H groups in total. The first-order valence-corrected chi connectivity index (χ1v) is 5.78. The molecule has 0 amide bonds. The quantitative estimate of drug-likeness (QED) is 0.810. The summed E-state index contributed by atoms with van der Waals surface area (Å²) in [5, 5.41) is 8.73. The van der Waals surface area contributed by atoms with Crippen molar-refractivity contribution in [2.45, 2.75) is 0 Å². The van der Waals surface area contributed by atoms with Crippen LogP contribution in [0.3, 0.4) is 0 Å². The lowest BCUT2D eigenvalue weighted by Gasteiger charge is -2.06. The van der Waals surface area contributed by atoms with Crippen molar-refractivity contribution in [3.8, 4) is 17.2 Å². The molecule has 84 valence electrons. The highest BCUT2D eigenvalue weighted by Crippen LogP contribution is 2.26. The van der Waals surface area contributed by atoms with Crippen LogP contribution in [0.2, 0.25) is 0 Å². The van der Waals surface area contributed by atoms with Gasteiger partial charge < -0.3 is 4.57 Å². The van der Waals surface area contributed by atoms with Crippen molar-refractivity contribution in [1.82, 2.24) is 4.57 Å². The van der Waals surface area contributed by atoms with Crippen LogP contribution < -0.4 is 5.56 Å². The minimum atomic E-state index is -0.0609. The minimum Gasteiger partial charge on any atom is -0.318 e. The van der Waals surface area contributed by atoms with Crippen molar-refractivity contribution >= 4 is 15.9 Å². The fourth-order valence-corrected chi connectivity index (χ4v) is 2.07. The molecule has 0 fully saturated rings. The van der Waals surface area contributed by atoms with Crippen molar-refractivity contribution in [2.75, 3.05) is 0 Å². The Morgan fingerprint density at radius 1 is 1.29 bits per heavy atom. The van der Waals surface area contributed by atoms with Crippen molar-refractivity contribution in [3.63, 3.8) is 0 Å². The molecule has 3 nitrogen and oxygen atoms in total. The van der Waals surface area contributed by atoms with Crippen LogP contribution in [0.25, 0.3) is 11.1 Å². The summed E-state index contributed by atoms with van der Waals surface area (Å²) in [6.07, 6.45) is 1.77. The zero-order valence-corrected chi connectivity index (χ0v) is 10.7. The smallest absolute Gasteiger partial charge is 0.251 e. The predicted molar refractivity (Wildman–Crippen MR) is 69.5 cm³/mol. The van der Waals surface area contributed by atoms with Crippen molar-refractivity contribution in [1.29, 1.82) is 5.26 Å². The van der Waals surface area contributed by atoms with Gasteiger partial charge in [-0.15, -0.1) is 0 Å². The van der Waals surface area contributed by atoms with Gasteiger partial charge in [0.25, 0.3) is 5.56 Å². The van der Waals surface area contributed by atoms with Crippen LogP contribution in [0.4, 0.5) is 0 Å². The highest BCUT2D eigenvalue weighted by Gasteiger charge is 2.05. The van der Waals surface area contributed by atoms with Gasteiger partial charge in [0.1, 0.15) is 0 Å². The second kappa shape index (κ2) is 4.56. The number of nitrogens with zero attached hydrogens (tertiary/aromatic N) is 2. The van der Waals surface area contributed by atoms with E-state index < -0.39 is 0 Å². The summed E-state index contributed by atoms with van der Waals surface area (Å²) in [6.45, 7) is 0. The number of hydrogen-bond donors (Lipinski definition) is 0. The first kappa shape index (κ1) is 11.6. The number of nitriles is 1. The van der Waals surface area contributed by atoms with E-state index in [1.54, 1.807) is 25.4 Å². The summed E-state index contributed by atoms with van der Waals surface area (Å²) in [7, 11) is 1.71. The maximum atomic E-state index is 11.4. The number of rotatable bonds is 1. The van der Waals surface area contributed by atoms with Gasteiger partial charge in [0.2, 0.25) is 0 Å². The Balaban J connectivity index is 2.57. The number of pyridine rings is 1. The lowest BCUT2D eigenvalue weighted by molar-refractivity contribution is 0.860. The van der Waals surface area contributed by atoms with E-state index in [1.165, 1.54) is 10.6 Å². The number of aryl methyl sites for hydroxylation is 1. The van der Waals surface area contributed by atoms with Crippen LogP contribution in [0.1, 0.15) is 5.56 Å². The maximum Gasteiger partial charge on any atom is 0.251 e. The van der Waals surface area contributed by atoms with Crippen LogP contribution in [0.15, 0.2) is 45.8 Å². The fraction of sp³-hybridized carbons (Fsp3) is 0.0769. The molecule has 2 rings (SSSR count). The number of halogens is 1. The monoisotopic (exact) mass is 288 g/mol. The van der Waals surface area contributed by atoms with E-state index in [9.17, 15) is 4.79 Å². The summed E-state index contributed by atoms with van der Waals surface area (Å²) < 4.78 is 2.28. The van der Waals surface area contributed by atoms with Crippen LogP contribution in [0.5, 0.6) is 0 Å². The molecular formula is C13H9BrN2O. The molecule has 1 aromatic carbocycles. The molecule has 0 atom stereocenters. The topological polar surface area (TPSA) is 45.8 Å². The van der Waals surface area contributed by atoms with Gasteiger partial charge in [0.15, 0.2) is 0 Å². The highest BCUT2D eigenvalue weighted by atomic mass is 79.9. The maximum absolute atomic E-state index is 11.4. The highest BCUT2D eigenvalue weighted by molar-refractivity contribution is 9.10. The molecule has 0 aliphatic rings. The van der Waals surface area contributed by atoms with Crippen LogP contribution in [-0.2, 0) is 7.05 Å². The first-order valence-electron chi connectivity index (χ1n) is 4.98. The third kappa shape index (κ3) is 2.29. The van der Waals surface area contributed by atoms with Crippen molar-refractivity contribution in [3.05, 3.63) is 56.9 Å². The normalized spacial score (nSPS) is 9.94. The molecule has 0 unspecified atom stereocenters. The van der Waals surface area contributed by atoms with E-state index in [4.69, 9.17) is 5.26 Å². The molecule has 1 aromatic heterocycles.